The van der Waals surface area contributed by atoms with Gasteiger partial charge in [-0.05, 0) is 24.3 Å². The van der Waals surface area contributed by atoms with Crippen molar-refractivity contribution in [2.24, 2.45) is 11.8 Å². The van der Waals surface area contributed by atoms with Gasteiger partial charge >= 0.3 is 0 Å². The molecule has 0 amide bonds. The summed E-state index contributed by atoms with van der Waals surface area (Å²) in [6.45, 7) is 3.61. The van der Waals surface area contributed by atoms with Gasteiger partial charge in [0.1, 0.15) is 0 Å². The Morgan fingerprint density at radius 2 is 2.53 bits per heavy atom. The maximum absolute atomic E-state index is 6.23. The van der Waals surface area contributed by atoms with Gasteiger partial charge in [0.2, 0.25) is 0 Å². The SMILES string of the molecule is Cc1csc(C(NN)C2CCOC2)c1Cl. The summed E-state index contributed by atoms with van der Waals surface area (Å²) in [7, 11) is 0. The van der Waals surface area contributed by atoms with Crippen LogP contribution in [0, 0.1) is 12.8 Å². The Hall–Kier alpha value is -0.130. The highest BCUT2D eigenvalue weighted by Gasteiger charge is 2.29. The highest BCUT2D eigenvalue weighted by molar-refractivity contribution is 7.10. The first-order chi connectivity index (χ1) is 7.24. The van der Waals surface area contributed by atoms with Gasteiger partial charge in [-0.1, -0.05) is 11.6 Å². The van der Waals surface area contributed by atoms with Gasteiger partial charge in [0.15, 0.2) is 0 Å². The molecule has 0 spiro atoms. The summed E-state index contributed by atoms with van der Waals surface area (Å²) in [4.78, 5) is 1.13. The Morgan fingerprint density at radius 1 is 1.73 bits per heavy atom. The number of aryl methyl sites for hydroxylation is 1. The molecule has 15 heavy (non-hydrogen) atoms. The highest BCUT2D eigenvalue weighted by atomic mass is 35.5. The summed E-state index contributed by atoms with van der Waals surface area (Å²) in [6.07, 6.45) is 1.04. The summed E-state index contributed by atoms with van der Waals surface area (Å²) in [6, 6.07) is 0.124. The second-order valence-electron chi connectivity index (χ2n) is 3.86. The molecule has 0 saturated carbocycles. The van der Waals surface area contributed by atoms with Gasteiger partial charge in [0.05, 0.1) is 17.7 Å². The minimum atomic E-state index is 0.124. The third kappa shape index (κ3) is 2.19. The molecule has 5 heteroatoms. The zero-order chi connectivity index (χ0) is 10.8. The average molecular weight is 247 g/mol. The molecule has 0 bridgehead atoms. The molecule has 2 heterocycles. The molecular weight excluding hydrogens is 232 g/mol. The van der Waals surface area contributed by atoms with Gasteiger partial charge in [0.25, 0.3) is 0 Å². The zero-order valence-electron chi connectivity index (χ0n) is 8.63. The number of thiophene rings is 1. The normalized spacial score (nSPS) is 23.3. The van der Waals surface area contributed by atoms with E-state index in [0.717, 1.165) is 35.1 Å². The summed E-state index contributed by atoms with van der Waals surface area (Å²) < 4.78 is 5.37. The quantitative estimate of drug-likeness (QED) is 0.635. The van der Waals surface area contributed by atoms with E-state index in [9.17, 15) is 0 Å². The maximum Gasteiger partial charge on any atom is 0.0619 e. The lowest BCUT2D eigenvalue weighted by molar-refractivity contribution is 0.177. The van der Waals surface area contributed by atoms with Crippen molar-refractivity contribution in [2.45, 2.75) is 19.4 Å². The zero-order valence-corrected chi connectivity index (χ0v) is 10.2. The van der Waals surface area contributed by atoms with Gasteiger partial charge in [-0.3, -0.25) is 11.3 Å². The number of hydrogen-bond acceptors (Lipinski definition) is 4. The molecule has 1 aliphatic rings. The summed E-state index contributed by atoms with van der Waals surface area (Å²) in [5.41, 5.74) is 3.98. The van der Waals surface area contributed by atoms with E-state index < -0.39 is 0 Å². The Balaban J connectivity index is 2.22. The third-order valence-corrected chi connectivity index (χ3v) is 4.62. The third-order valence-electron chi connectivity index (χ3n) is 2.82. The van der Waals surface area contributed by atoms with Gasteiger partial charge in [-0.2, -0.15) is 0 Å². The maximum atomic E-state index is 6.23. The molecule has 1 aromatic rings. The van der Waals surface area contributed by atoms with Crippen molar-refractivity contribution in [1.82, 2.24) is 5.43 Å². The molecule has 3 nitrogen and oxygen atoms in total. The van der Waals surface area contributed by atoms with Crippen LogP contribution in [-0.2, 0) is 4.74 Å². The second-order valence-corrected chi connectivity index (χ2v) is 5.15. The van der Waals surface area contributed by atoms with Gasteiger partial charge in [0, 0.05) is 17.4 Å². The largest absolute Gasteiger partial charge is 0.381 e. The van der Waals surface area contributed by atoms with E-state index in [4.69, 9.17) is 22.2 Å². The fraction of sp³-hybridized carbons (Fsp3) is 0.600. The van der Waals surface area contributed by atoms with E-state index in [0.29, 0.717) is 5.92 Å². The molecule has 1 aliphatic heterocycles. The van der Waals surface area contributed by atoms with Crippen molar-refractivity contribution >= 4 is 22.9 Å². The molecule has 2 unspecified atom stereocenters. The van der Waals surface area contributed by atoms with Crippen molar-refractivity contribution in [3.05, 3.63) is 20.8 Å². The summed E-state index contributed by atoms with van der Waals surface area (Å²) in [5, 5.41) is 2.91. The Kier molecular flexibility index (Phi) is 3.64. The van der Waals surface area contributed by atoms with E-state index in [-0.39, 0.29) is 6.04 Å². The van der Waals surface area contributed by atoms with Crippen LogP contribution in [-0.4, -0.2) is 13.2 Å². The summed E-state index contributed by atoms with van der Waals surface area (Å²) in [5.74, 6) is 6.04. The number of rotatable bonds is 3. The van der Waals surface area contributed by atoms with Gasteiger partial charge in [-0.15, -0.1) is 11.3 Å². The minimum Gasteiger partial charge on any atom is -0.381 e. The molecule has 2 atom stereocenters. The summed E-state index contributed by atoms with van der Waals surface area (Å²) >= 11 is 7.90. The first kappa shape index (κ1) is 11.4. The molecule has 3 N–H and O–H groups in total. The van der Waals surface area contributed by atoms with Crippen molar-refractivity contribution < 1.29 is 4.74 Å². The van der Waals surface area contributed by atoms with E-state index in [1.807, 2.05) is 6.92 Å². The molecule has 1 aromatic heterocycles. The van der Waals surface area contributed by atoms with Crippen LogP contribution in [0.4, 0.5) is 0 Å². The Morgan fingerprint density at radius 3 is 3.00 bits per heavy atom. The molecule has 2 rings (SSSR count). The van der Waals surface area contributed by atoms with Crippen LogP contribution in [0.1, 0.15) is 22.9 Å². The van der Waals surface area contributed by atoms with Crippen LogP contribution in [0.2, 0.25) is 5.02 Å². The Bertz CT molecular complexity index is 336. The molecule has 0 aromatic carbocycles. The lowest BCUT2D eigenvalue weighted by Crippen LogP contribution is -2.33. The molecular formula is C10H15ClN2OS. The minimum absolute atomic E-state index is 0.124. The fourth-order valence-electron chi connectivity index (χ4n) is 1.90. The number of nitrogens with two attached hydrogens (primary N) is 1. The number of hydrogen-bond donors (Lipinski definition) is 2. The first-order valence-corrected chi connectivity index (χ1v) is 6.27. The fourth-order valence-corrected chi connectivity index (χ4v) is 3.36. The molecule has 0 aliphatic carbocycles. The number of nitrogens with one attached hydrogen (secondary N) is 1. The topological polar surface area (TPSA) is 47.3 Å². The van der Waals surface area contributed by atoms with Crippen LogP contribution in [0.25, 0.3) is 0 Å². The lowest BCUT2D eigenvalue weighted by Gasteiger charge is -2.20. The first-order valence-electron chi connectivity index (χ1n) is 5.01. The van der Waals surface area contributed by atoms with E-state index in [2.05, 4.69) is 10.8 Å². The molecule has 1 fully saturated rings. The van der Waals surface area contributed by atoms with E-state index >= 15 is 0 Å². The van der Waals surface area contributed by atoms with Crippen molar-refractivity contribution in [3.8, 4) is 0 Å². The monoisotopic (exact) mass is 246 g/mol. The molecule has 84 valence electrons. The van der Waals surface area contributed by atoms with Gasteiger partial charge in [-0.25, -0.2) is 0 Å². The number of hydrazine groups is 1. The van der Waals surface area contributed by atoms with Crippen molar-refractivity contribution in [3.63, 3.8) is 0 Å². The lowest BCUT2D eigenvalue weighted by atomic mass is 9.98. The Labute approximate surface area is 98.5 Å². The van der Waals surface area contributed by atoms with Crippen LogP contribution >= 0.6 is 22.9 Å². The van der Waals surface area contributed by atoms with E-state index in [1.165, 1.54) is 0 Å². The smallest absolute Gasteiger partial charge is 0.0619 e. The van der Waals surface area contributed by atoms with Crippen LogP contribution < -0.4 is 11.3 Å². The molecule has 0 radical (unpaired) electrons. The van der Waals surface area contributed by atoms with Crippen molar-refractivity contribution in [1.29, 1.82) is 0 Å². The average Bonchev–Trinajstić information content (AvgIpc) is 2.84. The second kappa shape index (κ2) is 4.80. The van der Waals surface area contributed by atoms with Crippen LogP contribution in [0.5, 0.6) is 0 Å². The van der Waals surface area contributed by atoms with Gasteiger partial charge < -0.3 is 4.74 Å². The molecule has 1 saturated heterocycles. The van der Waals surface area contributed by atoms with Crippen LogP contribution in [0.15, 0.2) is 5.38 Å². The predicted molar refractivity (Wildman–Crippen MR) is 63.1 cm³/mol. The predicted octanol–water partition coefficient (Wildman–Crippen LogP) is 2.25. The standard InChI is InChI=1S/C10H15ClN2OS/c1-6-5-15-10(8(6)11)9(13-12)7-2-3-14-4-7/h5,7,9,13H,2-4,12H2,1H3. The van der Waals surface area contributed by atoms with Crippen LogP contribution in [0.3, 0.4) is 0 Å². The van der Waals surface area contributed by atoms with Crippen molar-refractivity contribution in [2.75, 3.05) is 13.2 Å². The number of ether oxygens (including phenoxy) is 1. The van der Waals surface area contributed by atoms with E-state index in [1.54, 1.807) is 11.3 Å². The highest BCUT2D eigenvalue weighted by Crippen LogP contribution is 2.37. The number of halogens is 1.